The van der Waals surface area contributed by atoms with Gasteiger partial charge < -0.3 is 10.4 Å². The van der Waals surface area contributed by atoms with Gasteiger partial charge in [-0.25, -0.2) is 0 Å². The molecule has 1 heterocycles. The zero-order chi connectivity index (χ0) is 17.5. The van der Waals surface area contributed by atoms with Gasteiger partial charge in [-0.3, -0.25) is 19.3 Å². The summed E-state index contributed by atoms with van der Waals surface area (Å²) in [5, 5.41) is 11.6. The quantitative estimate of drug-likeness (QED) is 0.490. The number of hydrogen-bond acceptors (Lipinski definition) is 4. The first kappa shape index (κ1) is 18.8. The fourth-order valence-corrected chi connectivity index (χ4v) is 3.55. The van der Waals surface area contributed by atoms with E-state index in [1.54, 1.807) is 0 Å². The van der Waals surface area contributed by atoms with Crippen LogP contribution in [-0.4, -0.2) is 40.4 Å². The number of carbonyl (C=O) groups excluding carboxylic acids is 2. The summed E-state index contributed by atoms with van der Waals surface area (Å²) in [6, 6.07) is -0.0252. The van der Waals surface area contributed by atoms with Gasteiger partial charge in [0.2, 0.25) is 0 Å². The summed E-state index contributed by atoms with van der Waals surface area (Å²) in [4.78, 5) is 36.5. The maximum absolute atomic E-state index is 12.5. The van der Waals surface area contributed by atoms with Crippen molar-refractivity contribution >= 4 is 29.4 Å². The molecule has 6 nitrogen and oxygen atoms in total. The summed E-state index contributed by atoms with van der Waals surface area (Å²) < 4.78 is 0. The Kier molecular flexibility index (Phi) is 7.09. The predicted molar refractivity (Wildman–Crippen MR) is 90.3 cm³/mol. The molecule has 1 aliphatic carbocycles. The average molecular weight is 357 g/mol. The molecule has 2 amide bonds. The number of halogens is 1. The molecular weight excluding hydrogens is 332 g/mol. The molecule has 0 aromatic carbocycles. The van der Waals surface area contributed by atoms with E-state index in [2.05, 4.69) is 5.32 Å². The first-order valence-corrected chi connectivity index (χ1v) is 9.13. The predicted octanol–water partition coefficient (Wildman–Crippen LogP) is 2.76. The lowest BCUT2D eigenvalue weighted by molar-refractivity contribution is -0.141. The molecule has 0 aromatic heterocycles. The molecule has 2 aliphatic rings. The SMILES string of the molecule is O=C(O)CCCCCCNC1=C(Cl)C(=O)N(C2CCCCC2)C1=O. The van der Waals surface area contributed by atoms with Crippen molar-refractivity contribution < 1.29 is 19.5 Å². The molecule has 0 unspecified atom stereocenters. The average Bonchev–Trinajstić information content (AvgIpc) is 2.77. The summed E-state index contributed by atoms with van der Waals surface area (Å²) in [5.74, 6) is -1.46. The van der Waals surface area contributed by atoms with Gasteiger partial charge in [-0.2, -0.15) is 0 Å². The minimum atomic E-state index is -0.775. The molecule has 1 saturated carbocycles. The van der Waals surface area contributed by atoms with Crippen molar-refractivity contribution in [1.29, 1.82) is 0 Å². The third kappa shape index (κ3) is 4.72. The van der Waals surface area contributed by atoms with E-state index in [0.717, 1.165) is 51.4 Å². The summed E-state index contributed by atoms with van der Waals surface area (Å²) >= 11 is 6.07. The van der Waals surface area contributed by atoms with Gasteiger partial charge in [0.05, 0.1) is 0 Å². The summed E-state index contributed by atoms with van der Waals surface area (Å²) in [5.41, 5.74) is 0.220. The van der Waals surface area contributed by atoms with E-state index in [1.165, 1.54) is 4.90 Å². The summed E-state index contributed by atoms with van der Waals surface area (Å²) in [6.07, 6.45) is 8.31. The van der Waals surface area contributed by atoms with Gasteiger partial charge in [0, 0.05) is 19.0 Å². The van der Waals surface area contributed by atoms with Crippen LogP contribution in [0.3, 0.4) is 0 Å². The van der Waals surface area contributed by atoms with Crippen molar-refractivity contribution in [3.8, 4) is 0 Å². The minimum absolute atomic E-state index is 0.00329. The van der Waals surface area contributed by atoms with Gasteiger partial charge in [0.25, 0.3) is 11.8 Å². The highest BCUT2D eigenvalue weighted by molar-refractivity contribution is 6.47. The van der Waals surface area contributed by atoms with E-state index in [0.29, 0.717) is 13.0 Å². The highest BCUT2D eigenvalue weighted by atomic mass is 35.5. The Morgan fingerprint density at radius 3 is 2.42 bits per heavy atom. The third-order valence-corrected chi connectivity index (χ3v) is 4.97. The molecule has 0 radical (unpaired) electrons. The van der Waals surface area contributed by atoms with E-state index in [9.17, 15) is 14.4 Å². The fourth-order valence-electron chi connectivity index (χ4n) is 3.31. The van der Waals surface area contributed by atoms with Crippen LogP contribution in [0.15, 0.2) is 10.7 Å². The van der Waals surface area contributed by atoms with Crippen molar-refractivity contribution in [3.05, 3.63) is 10.7 Å². The van der Waals surface area contributed by atoms with E-state index in [1.807, 2.05) is 0 Å². The Labute approximate surface area is 147 Å². The standard InChI is InChI=1S/C17H25ClN2O4/c18-14-15(19-11-7-2-1-6-10-13(21)22)17(24)20(16(14)23)12-8-4-3-5-9-12/h12,19H,1-11H2,(H,21,22). The molecule has 1 aliphatic heterocycles. The van der Waals surface area contributed by atoms with Gasteiger partial charge in [-0.1, -0.05) is 43.7 Å². The van der Waals surface area contributed by atoms with Gasteiger partial charge in [0.15, 0.2) is 0 Å². The minimum Gasteiger partial charge on any atom is -0.481 e. The highest BCUT2D eigenvalue weighted by Crippen LogP contribution is 2.30. The van der Waals surface area contributed by atoms with Crippen LogP contribution < -0.4 is 5.32 Å². The lowest BCUT2D eigenvalue weighted by atomic mass is 9.94. The number of carboxylic acid groups (broad SMARTS) is 1. The topological polar surface area (TPSA) is 86.7 Å². The Balaban J connectivity index is 1.77. The third-order valence-electron chi connectivity index (χ3n) is 4.62. The molecule has 7 heteroatoms. The molecule has 134 valence electrons. The van der Waals surface area contributed by atoms with Crippen molar-refractivity contribution in [2.75, 3.05) is 6.54 Å². The van der Waals surface area contributed by atoms with E-state index < -0.39 is 5.97 Å². The number of nitrogens with one attached hydrogen (secondary N) is 1. The van der Waals surface area contributed by atoms with Crippen LogP contribution in [0.25, 0.3) is 0 Å². The van der Waals surface area contributed by atoms with Gasteiger partial charge in [-0.15, -0.1) is 0 Å². The van der Waals surface area contributed by atoms with Crippen LogP contribution in [-0.2, 0) is 14.4 Å². The molecule has 0 saturated heterocycles. The van der Waals surface area contributed by atoms with Crippen molar-refractivity contribution in [2.45, 2.75) is 70.3 Å². The number of amides is 2. The van der Waals surface area contributed by atoms with Crippen molar-refractivity contribution in [3.63, 3.8) is 0 Å². The zero-order valence-corrected chi connectivity index (χ0v) is 14.6. The van der Waals surface area contributed by atoms with Crippen LogP contribution in [0, 0.1) is 0 Å². The number of carboxylic acids is 1. The lowest BCUT2D eigenvalue weighted by Gasteiger charge is -2.29. The molecule has 1 fully saturated rings. The second-order valence-corrected chi connectivity index (χ2v) is 6.82. The van der Waals surface area contributed by atoms with Crippen LogP contribution >= 0.6 is 11.6 Å². The molecule has 24 heavy (non-hydrogen) atoms. The maximum atomic E-state index is 12.5. The van der Waals surface area contributed by atoms with Crippen molar-refractivity contribution in [2.24, 2.45) is 0 Å². The van der Waals surface area contributed by atoms with Crippen LogP contribution in [0.4, 0.5) is 0 Å². The van der Waals surface area contributed by atoms with Gasteiger partial charge in [-0.05, 0) is 25.7 Å². The molecular formula is C17H25ClN2O4. The first-order valence-electron chi connectivity index (χ1n) is 8.75. The number of nitrogens with zero attached hydrogens (tertiary/aromatic N) is 1. The summed E-state index contributed by atoms with van der Waals surface area (Å²) in [7, 11) is 0. The fraction of sp³-hybridized carbons (Fsp3) is 0.706. The monoisotopic (exact) mass is 356 g/mol. The van der Waals surface area contributed by atoms with E-state index in [-0.39, 0.29) is 35.0 Å². The highest BCUT2D eigenvalue weighted by Gasteiger charge is 2.41. The van der Waals surface area contributed by atoms with Gasteiger partial charge >= 0.3 is 5.97 Å². The molecule has 0 spiro atoms. The van der Waals surface area contributed by atoms with Crippen LogP contribution in [0.2, 0.25) is 0 Å². The smallest absolute Gasteiger partial charge is 0.303 e. The molecule has 0 atom stereocenters. The number of hydrogen-bond donors (Lipinski definition) is 2. The molecule has 2 N–H and O–H groups in total. The molecule has 0 bridgehead atoms. The first-order chi connectivity index (χ1) is 11.5. The second-order valence-electron chi connectivity index (χ2n) is 6.45. The largest absolute Gasteiger partial charge is 0.481 e. The van der Waals surface area contributed by atoms with E-state index in [4.69, 9.17) is 16.7 Å². The second kappa shape index (κ2) is 9.06. The van der Waals surface area contributed by atoms with Crippen LogP contribution in [0.1, 0.15) is 64.2 Å². The maximum Gasteiger partial charge on any atom is 0.303 e. The Morgan fingerprint density at radius 1 is 1.08 bits per heavy atom. The van der Waals surface area contributed by atoms with E-state index >= 15 is 0 Å². The molecule has 0 aromatic rings. The normalized spacial score (nSPS) is 19.3. The Hall–Kier alpha value is -1.56. The number of unbranched alkanes of at least 4 members (excludes halogenated alkanes) is 3. The number of imide groups is 1. The summed E-state index contributed by atoms with van der Waals surface area (Å²) in [6.45, 7) is 0.552. The Morgan fingerprint density at radius 2 is 1.75 bits per heavy atom. The number of carbonyl (C=O) groups is 3. The number of rotatable bonds is 9. The van der Waals surface area contributed by atoms with Gasteiger partial charge in [0.1, 0.15) is 10.7 Å². The van der Waals surface area contributed by atoms with Crippen molar-refractivity contribution in [1.82, 2.24) is 10.2 Å². The van der Waals surface area contributed by atoms with Crippen LogP contribution in [0.5, 0.6) is 0 Å². The number of aliphatic carboxylic acids is 1. The Bertz CT molecular complexity index is 527. The molecule has 2 rings (SSSR count). The lowest BCUT2D eigenvalue weighted by Crippen LogP contribution is -2.43. The zero-order valence-electron chi connectivity index (χ0n) is 13.9.